The normalized spacial score (nSPS) is 19.5. The minimum Gasteiger partial charge on any atom is -0.377 e. The molecule has 2 aliphatic rings. The molecule has 5 heteroatoms. The summed E-state index contributed by atoms with van der Waals surface area (Å²) in [6, 6.07) is 6.94. The Morgan fingerprint density at radius 2 is 1.88 bits per heavy atom. The monoisotopic (exact) mass is 357 g/mol. The summed E-state index contributed by atoms with van der Waals surface area (Å²) in [5, 5.41) is 0.906. The summed E-state index contributed by atoms with van der Waals surface area (Å²) >= 11 is 0. The second-order valence-corrected chi connectivity index (χ2v) is 7.55. The van der Waals surface area contributed by atoms with Crippen molar-refractivity contribution in [2.24, 2.45) is 0 Å². The van der Waals surface area contributed by atoms with Gasteiger partial charge in [-0.2, -0.15) is 0 Å². The van der Waals surface area contributed by atoms with Gasteiger partial charge in [-0.3, -0.25) is 4.98 Å². The first kappa shape index (κ1) is 17.7. The smallest absolute Gasteiger partial charge is 0.124 e. The van der Waals surface area contributed by atoms with Gasteiger partial charge in [-0.25, -0.2) is 4.39 Å². The van der Waals surface area contributed by atoms with Crippen molar-refractivity contribution in [2.75, 3.05) is 44.2 Å². The highest BCUT2D eigenvalue weighted by atomic mass is 19.1. The third-order valence-corrected chi connectivity index (χ3v) is 5.62. The van der Waals surface area contributed by atoms with Crippen LogP contribution >= 0.6 is 0 Å². The van der Waals surface area contributed by atoms with Crippen molar-refractivity contribution in [2.45, 2.75) is 38.7 Å². The average molecular weight is 357 g/mol. The van der Waals surface area contributed by atoms with E-state index in [0.29, 0.717) is 6.10 Å². The van der Waals surface area contributed by atoms with E-state index < -0.39 is 0 Å². The maximum atomic E-state index is 13.7. The molecule has 4 nitrogen and oxygen atoms in total. The van der Waals surface area contributed by atoms with Crippen LogP contribution in [0.3, 0.4) is 0 Å². The Hall–Kier alpha value is -1.72. The molecular formula is C21H28FN3O. The zero-order chi connectivity index (χ0) is 17.9. The molecule has 140 valence electrons. The van der Waals surface area contributed by atoms with E-state index in [-0.39, 0.29) is 5.82 Å². The van der Waals surface area contributed by atoms with E-state index >= 15 is 0 Å². The third-order valence-electron chi connectivity index (χ3n) is 5.62. The number of rotatable bonds is 5. The molecule has 1 aromatic heterocycles. The lowest BCUT2D eigenvalue weighted by Gasteiger charge is -2.34. The molecule has 0 atom stereocenters. The van der Waals surface area contributed by atoms with Crippen LogP contribution in [0.5, 0.6) is 0 Å². The van der Waals surface area contributed by atoms with Crippen LogP contribution in [-0.2, 0) is 4.74 Å². The standard InChI is InChI=1S/C21H28FN3O/c1-16-14-21(19-15-17(22)4-5-20(19)23-16)25-10-6-18(7-11-25)26-13-12-24-8-2-3-9-24/h4-5,14-15,18H,2-3,6-13H2,1H3. The van der Waals surface area contributed by atoms with Crippen LogP contribution < -0.4 is 4.90 Å². The molecule has 0 spiro atoms. The van der Waals surface area contributed by atoms with E-state index in [1.165, 1.54) is 32.0 Å². The van der Waals surface area contributed by atoms with Crippen LogP contribution in [0.4, 0.5) is 10.1 Å². The van der Waals surface area contributed by atoms with Crippen molar-refractivity contribution >= 4 is 16.6 Å². The van der Waals surface area contributed by atoms with E-state index in [2.05, 4.69) is 20.9 Å². The fraction of sp³-hybridized carbons (Fsp3) is 0.571. The number of nitrogens with zero attached hydrogens (tertiary/aromatic N) is 3. The first-order valence-corrected chi connectivity index (χ1v) is 9.85. The van der Waals surface area contributed by atoms with Crippen molar-refractivity contribution in [3.8, 4) is 0 Å². The highest BCUT2D eigenvalue weighted by Gasteiger charge is 2.22. The number of fused-ring (bicyclic) bond motifs is 1. The van der Waals surface area contributed by atoms with Crippen LogP contribution in [0.1, 0.15) is 31.4 Å². The molecule has 3 heterocycles. The predicted octanol–water partition coefficient (Wildman–Crippen LogP) is 3.76. The third kappa shape index (κ3) is 3.99. The number of anilines is 1. The van der Waals surface area contributed by atoms with Gasteiger partial charge in [0.05, 0.1) is 18.2 Å². The number of hydrogen-bond donors (Lipinski definition) is 0. The van der Waals surface area contributed by atoms with Gasteiger partial charge in [-0.1, -0.05) is 0 Å². The van der Waals surface area contributed by atoms with Gasteiger partial charge in [0.2, 0.25) is 0 Å². The lowest BCUT2D eigenvalue weighted by Crippen LogP contribution is -2.38. The molecule has 0 saturated carbocycles. The van der Waals surface area contributed by atoms with Gasteiger partial charge in [-0.05, 0) is 70.0 Å². The number of pyridine rings is 1. The van der Waals surface area contributed by atoms with Crippen LogP contribution in [0.2, 0.25) is 0 Å². The summed E-state index contributed by atoms with van der Waals surface area (Å²) in [7, 11) is 0. The predicted molar refractivity (Wildman–Crippen MR) is 103 cm³/mol. The van der Waals surface area contributed by atoms with Gasteiger partial charge < -0.3 is 14.5 Å². The number of hydrogen-bond acceptors (Lipinski definition) is 4. The van der Waals surface area contributed by atoms with Gasteiger partial charge in [0, 0.05) is 36.4 Å². The van der Waals surface area contributed by atoms with E-state index in [9.17, 15) is 4.39 Å². The lowest BCUT2D eigenvalue weighted by molar-refractivity contribution is 0.0266. The average Bonchev–Trinajstić information content (AvgIpc) is 3.16. The Kier molecular flexibility index (Phi) is 5.36. The molecular weight excluding hydrogens is 329 g/mol. The first-order valence-electron chi connectivity index (χ1n) is 9.85. The van der Waals surface area contributed by atoms with Crippen molar-refractivity contribution < 1.29 is 9.13 Å². The van der Waals surface area contributed by atoms with Crippen LogP contribution in [0.15, 0.2) is 24.3 Å². The Labute approximate surface area is 154 Å². The molecule has 0 aliphatic carbocycles. The van der Waals surface area contributed by atoms with Crippen LogP contribution in [-0.4, -0.2) is 55.3 Å². The minimum absolute atomic E-state index is 0.204. The maximum absolute atomic E-state index is 13.7. The minimum atomic E-state index is -0.204. The molecule has 26 heavy (non-hydrogen) atoms. The van der Waals surface area contributed by atoms with Crippen molar-refractivity contribution in [1.29, 1.82) is 0 Å². The molecule has 0 bridgehead atoms. The summed E-state index contributed by atoms with van der Waals surface area (Å²) in [5.74, 6) is -0.204. The fourth-order valence-corrected chi connectivity index (χ4v) is 4.19. The quantitative estimate of drug-likeness (QED) is 0.815. The van der Waals surface area contributed by atoms with Crippen molar-refractivity contribution in [3.05, 3.63) is 35.8 Å². The number of halogens is 1. The van der Waals surface area contributed by atoms with E-state index in [0.717, 1.165) is 61.4 Å². The number of likely N-dealkylation sites (tertiary alicyclic amines) is 1. The molecule has 2 aromatic rings. The molecule has 2 saturated heterocycles. The zero-order valence-corrected chi connectivity index (χ0v) is 15.6. The Morgan fingerprint density at radius 3 is 2.65 bits per heavy atom. The summed E-state index contributed by atoms with van der Waals surface area (Å²) in [4.78, 5) is 9.40. The summed E-state index contributed by atoms with van der Waals surface area (Å²) in [5.41, 5.74) is 2.94. The van der Waals surface area contributed by atoms with Gasteiger partial charge in [-0.15, -0.1) is 0 Å². The molecule has 0 amide bonds. The van der Waals surface area contributed by atoms with Gasteiger partial charge in [0.15, 0.2) is 0 Å². The number of piperidine rings is 1. The molecule has 0 N–H and O–H groups in total. The van der Waals surface area contributed by atoms with E-state index in [1.807, 2.05) is 6.92 Å². The van der Waals surface area contributed by atoms with Gasteiger partial charge in [0.25, 0.3) is 0 Å². The summed E-state index contributed by atoms with van der Waals surface area (Å²) in [6.45, 7) is 8.26. The highest BCUT2D eigenvalue weighted by molar-refractivity contribution is 5.92. The topological polar surface area (TPSA) is 28.6 Å². The van der Waals surface area contributed by atoms with Gasteiger partial charge >= 0.3 is 0 Å². The molecule has 0 unspecified atom stereocenters. The lowest BCUT2D eigenvalue weighted by atomic mass is 10.0. The summed E-state index contributed by atoms with van der Waals surface area (Å²) in [6.07, 6.45) is 5.06. The Bertz CT molecular complexity index is 752. The first-order chi connectivity index (χ1) is 12.7. The Morgan fingerprint density at radius 1 is 1.12 bits per heavy atom. The molecule has 2 fully saturated rings. The number of aromatic nitrogens is 1. The van der Waals surface area contributed by atoms with Crippen molar-refractivity contribution in [1.82, 2.24) is 9.88 Å². The van der Waals surface area contributed by atoms with E-state index in [1.54, 1.807) is 12.1 Å². The van der Waals surface area contributed by atoms with Crippen LogP contribution in [0, 0.1) is 12.7 Å². The van der Waals surface area contributed by atoms with Gasteiger partial charge in [0.1, 0.15) is 5.82 Å². The zero-order valence-electron chi connectivity index (χ0n) is 15.6. The maximum Gasteiger partial charge on any atom is 0.124 e. The Balaban J connectivity index is 1.37. The second-order valence-electron chi connectivity index (χ2n) is 7.55. The number of ether oxygens (including phenoxy) is 1. The highest BCUT2D eigenvalue weighted by Crippen LogP contribution is 2.30. The number of aryl methyl sites for hydroxylation is 1. The largest absolute Gasteiger partial charge is 0.377 e. The van der Waals surface area contributed by atoms with E-state index in [4.69, 9.17) is 4.74 Å². The van der Waals surface area contributed by atoms with Crippen LogP contribution in [0.25, 0.3) is 10.9 Å². The molecule has 2 aliphatic heterocycles. The van der Waals surface area contributed by atoms with Crippen molar-refractivity contribution in [3.63, 3.8) is 0 Å². The molecule has 1 aromatic carbocycles. The number of benzene rings is 1. The molecule has 0 radical (unpaired) electrons. The SMILES string of the molecule is Cc1cc(N2CCC(OCCN3CCCC3)CC2)c2cc(F)ccc2n1. The fourth-order valence-electron chi connectivity index (χ4n) is 4.19. The summed E-state index contributed by atoms with van der Waals surface area (Å²) < 4.78 is 19.9. The molecule has 4 rings (SSSR count). The second kappa shape index (κ2) is 7.89.